The van der Waals surface area contributed by atoms with E-state index in [2.05, 4.69) is 15.6 Å². The van der Waals surface area contributed by atoms with Crippen LogP contribution < -0.4 is 10.1 Å². The highest BCUT2D eigenvalue weighted by molar-refractivity contribution is 6.05. The maximum absolute atomic E-state index is 13.0. The number of ether oxygens (including phenoxy) is 1. The summed E-state index contributed by atoms with van der Waals surface area (Å²) >= 11 is 0. The molecule has 0 bridgehead atoms. The number of carbonyl (C=O) groups excluding carboxylic acids is 3. The highest BCUT2D eigenvalue weighted by Gasteiger charge is 2.40. The van der Waals surface area contributed by atoms with Gasteiger partial charge >= 0.3 is 0 Å². The molecule has 33 heavy (non-hydrogen) atoms. The number of fused-ring (bicyclic) bond motifs is 1. The molecule has 0 radical (unpaired) electrons. The van der Waals surface area contributed by atoms with Crippen molar-refractivity contribution in [2.45, 2.75) is 25.4 Å². The summed E-state index contributed by atoms with van der Waals surface area (Å²) in [6.07, 6.45) is 2.29. The molecule has 1 aromatic heterocycles. The lowest BCUT2D eigenvalue weighted by molar-refractivity contribution is -0.136. The van der Waals surface area contributed by atoms with Crippen molar-refractivity contribution in [1.29, 1.82) is 0 Å². The van der Waals surface area contributed by atoms with Crippen molar-refractivity contribution in [2.24, 2.45) is 0 Å². The van der Waals surface area contributed by atoms with E-state index >= 15 is 0 Å². The molecule has 5 rings (SSSR count). The third kappa shape index (κ3) is 3.85. The van der Waals surface area contributed by atoms with Crippen molar-refractivity contribution in [2.75, 3.05) is 13.2 Å². The van der Waals surface area contributed by atoms with Gasteiger partial charge in [-0.15, -0.1) is 5.10 Å². The van der Waals surface area contributed by atoms with Crippen LogP contribution in [0.25, 0.3) is 16.9 Å². The Balaban J connectivity index is 1.40. The standard InChI is InChI=1S/C23H21N5O5/c29-10-11-33-15-6-4-14(5-7-15)18-13-28(26-25-18)19-3-1-2-16-17(19)12-27(23(16)32)20-8-9-21(30)24-22(20)31/h1-7,13,20,29H,8-12H2,(H,24,30,31). The summed E-state index contributed by atoms with van der Waals surface area (Å²) < 4.78 is 7.00. The van der Waals surface area contributed by atoms with E-state index in [-0.39, 0.29) is 38.0 Å². The van der Waals surface area contributed by atoms with Crippen LogP contribution in [0.2, 0.25) is 0 Å². The Morgan fingerprint density at radius 1 is 1.12 bits per heavy atom. The van der Waals surface area contributed by atoms with Gasteiger partial charge in [0.05, 0.1) is 18.5 Å². The van der Waals surface area contributed by atoms with Crippen LogP contribution in [0.1, 0.15) is 28.8 Å². The predicted octanol–water partition coefficient (Wildman–Crippen LogP) is 1.07. The first kappa shape index (κ1) is 20.8. The highest BCUT2D eigenvalue weighted by atomic mass is 16.5. The van der Waals surface area contributed by atoms with Gasteiger partial charge in [0.25, 0.3) is 5.91 Å². The largest absolute Gasteiger partial charge is 0.491 e. The van der Waals surface area contributed by atoms with Crippen molar-refractivity contribution in [3.8, 4) is 22.7 Å². The fourth-order valence-electron chi connectivity index (χ4n) is 4.18. The number of amides is 3. The molecule has 1 fully saturated rings. The van der Waals surface area contributed by atoms with Crippen LogP contribution in [-0.4, -0.2) is 62.0 Å². The number of nitrogens with one attached hydrogen (secondary N) is 1. The molecule has 0 saturated carbocycles. The first-order valence-electron chi connectivity index (χ1n) is 10.6. The van der Waals surface area contributed by atoms with Crippen LogP contribution >= 0.6 is 0 Å². The van der Waals surface area contributed by atoms with Crippen molar-refractivity contribution in [1.82, 2.24) is 25.2 Å². The predicted molar refractivity (Wildman–Crippen MR) is 115 cm³/mol. The Hall–Kier alpha value is -4.05. The Kier molecular flexibility index (Phi) is 5.35. The Morgan fingerprint density at radius 2 is 1.94 bits per heavy atom. The molecule has 10 nitrogen and oxygen atoms in total. The van der Waals surface area contributed by atoms with Gasteiger partial charge in [0.2, 0.25) is 11.8 Å². The number of aliphatic hydroxyl groups is 1. The summed E-state index contributed by atoms with van der Waals surface area (Å²) in [4.78, 5) is 38.3. The Morgan fingerprint density at radius 3 is 2.70 bits per heavy atom. The normalized spacial score (nSPS) is 17.8. The molecule has 3 aromatic rings. The molecular formula is C23H21N5O5. The van der Waals surface area contributed by atoms with Gasteiger partial charge in [-0.2, -0.15) is 0 Å². The van der Waals surface area contributed by atoms with Gasteiger partial charge in [-0.3, -0.25) is 19.7 Å². The van der Waals surface area contributed by atoms with Crippen molar-refractivity contribution >= 4 is 17.7 Å². The van der Waals surface area contributed by atoms with E-state index in [0.717, 1.165) is 11.1 Å². The number of benzene rings is 2. The number of imide groups is 1. The van der Waals surface area contributed by atoms with Crippen molar-refractivity contribution < 1.29 is 24.2 Å². The van der Waals surface area contributed by atoms with E-state index in [0.29, 0.717) is 29.1 Å². The third-order valence-electron chi connectivity index (χ3n) is 5.81. The quantitative estimate of drug-likeness (QED) is 0.541. The number of hydrogen-bond donors (Lipinski definition) is 2. The van der Waals surface area contributed by atoms with Gasteiger partial charge in [-0.1, -0.05) is 11.3 Å². The minimum absolute atomic E-state index is 0.0546. The van der Waals surface area contributed by atoms with Gasteiger partial charge in [0.15, 0.2) is 0 Å². The van der Waals surface area contributed by atoms with Crippen LogP contribution in [0.5, 0.6) is 5.75 Å². The molecule has 1 atom stereocenters. The second kappa shape index (κ2) is 8.47. The maximum Gasteiger partial charge on any atom is 0.255 e. The van der Waals surface area contributed by atoms with E-state index in [1.54, 1.807) is 35.1 Å². The second-order valence-corrected chi connectivity index (χ2v) is 7.85. The summed E-state index contributed by atoms with van der Waals surface area (Å²) in [7, 11) is 0. The fraction of sp³-hybridized carbons (Fsp3) is 0.261. The molecule has 2 aliphatic heterocycles. The summed E-state index contributed by atoms with van der Waals surface area (Å²) in [5.41, 5.74) is 3.47. The molecule has 2 N–H and O–H groups in total. The number of aromatic nitrogens is 3. The average Bonchev–Trinajstić information content (AvgIpc) is 3.44. The summed E-state index contributed by atoms with van der Waals surface area (Å²) in [5, 5.41) is 19.7. The zero-order valence-corrected chi connectivity index (χ0v) is 17.6. The smallest absolute Gasteiger partial charge is 0.255 e. The molecule has 0 aliphatic carbocycles. The SMILES string of the molecule is O=C1CCC(N2Cc3c(cccc3-n3cc(-c4ccc(OCCO)cc4)nn3)C2=O)C(=O)N1. The molecule has 0 spiro atoms. The number of rotatable bonds is 6. The molecule has 168 valence electrons. The van der Waals surface area contributed by atoms with Crippen LogP contribution in [0, 0.1) is 0 Å². The van der Waals surface area contributed by atoms with E-state index < -0.39 is 11.9 Å². The molecule has 3 amide bonds. The van der Waals surface area contributed by atoms with E-state index in [1.165, 1.54) is 4.90 Å². The summed E-state index contributed by atoms with van der Waals surface area (Å²) in [6.45, 7) is 0.423. The second-order valence-electron chi connectivity index (χ2n) is 7.85. The Labute approximate surface area is 188 Å². The molecule has 1 saturated heterocycles. The number of nitrogens with zero attached hydrogens (tertiary/aromatic N) is 4. The van der Waals surface area contributed by atoms with Gasteiger partial charge in [0.1, 0.15) is 24.1 Å². The zero-order chi connectivity index (χ0) is 22.9. The minimum atomic E-state index is -0.673. The summed E-state index contributed by atoms with van der Waals surface area (Å²) in [5.74, 6) is -0.346. The number of carbonyl (C=O) groups is 3. The molecule has 2 aliphatic rings. The summed E-state index contributed by atoms with van der Waals surface area (Å²) in [6, 6.07) is 12.0. The van der Waals surface area contributed by atoms with Gasteiger partial charge in [-0.05, 0) is 42.8 Å². The number of hydrogen-bond acceptors (Lipinski definition) is 7. The van der Waals surface area contributed by atoms with Crippen LogP contribution in [0.4, 0.5) is 0 Å². The number of piperidine rings is 1. The lowest BCUT2D eigenvalue weighted by Crippen LogP contribution is -2.52. The highest BCUT2D eigenvalue weighted by Crippen LogP contribution is 2.32. The third-order valence-corrected chi connectivity index (χ3v) is 5.81. The molecule has 10 heteroatoms. The maximum atomic E-state index is 13.0. The lowest BCUT2D eigenvalue weighted by Gasteiger charge is -2.29. The molecule has 3 heterocycles. The van der Waals surface area contributed by atoms with Gasteiger partial charge < -0.3 is 14.7 Å². The van der Waals surface area contributed by atoms with E-state index in [1.807, 2.05) is 18.2 Å². The molecule has 2 aromatic carbocycles. The van der Waals surface area contributed by atoms with Crippen LogP contribution in [-0.2, 0) is 16.1 Å². The molecular weight excluding hydrogens is 426 g/mol. The van der Waals surface area contributed by atoms with Gasteiger partial charge in [-0.25, -0.2) is 4.68 Å². The topological polar surface area (TPSA) is 127 Å². The van der Waals surface area contributed by atoms with E-state index in [4.69, 9.17) is 9.84 Å². The van der Waals surface area contributed by atoms with Gasteiger partial charge in [0, 0.05) is 29.7 Å². The average molecular weight is 447 g/mol. The first-order valence-corrected chi connectivity index (χ1v) is 10.6. The Bertz CT molecular complexity index is 1240. The number of aliphatic hydroxyl groups excluding tert-OH is 1. The fourth-order valence-corrected chi connectivity index (χ4v) is 4.18. The van der Waals surface area contributed by atoms with Crippen molar-refractivity contribution in [3.05, 3.63) is 59.8 Å². The van der Waals surface area contributed by atoms with Crippen LogP contribution in [0.3, 0.4) is 0 Å². The lowest BCUT2D eigenvalue weighted by atomic mass is 10.0. The monoisotopic (exact) mass is 447 g/mol. The van der Waals surface area contributed by atoms with E-state index in [9.17, 15) is 14.4 Å². The van der Waals surface area contributed by atoms with Crippen LogP contribution in [0.15, 0.2) is 48.7 Å². The molecule has 1 unspecified atom stereocenters. The first-order chi connectivity index (χ1) is 16.0. The zero-order valence-electron chi connectivity index (χ0n) is 17.6. The van der Waals surface area contributed by atoms with Crippen molar-refractivity contribution in [3.63, 3.8) is 0 Å². The minimum Gasteiger partial charge on any atom is -0.491 e.